The van der Waals surface area contributed by atoms with Gasteiger partial charge in [-0.3, -0.25) is 0 Å². The molecule has 0 fully saturated rings. The first kappa shape index (κ1) is 29.9. The SMILES string of the molecule is [CH2-]C.[CH3-].[V].[Y]. The molecule has 0 nitrogen and oxygen atoms in total. The molecule has 0 heterocycles. The third-order valence-electron chi connectivity index (χ3n) is 0. The molecule has 0 aliphatic heterocycles. The van der Waals surface area contributed by atoms with Crippen molar-refractivity contribution in [3.8, 4) is 0 Å². The Labute approximate surface area is 71.9 Å². The van der Waals surface area contributed by atoms with E-state index >= 15 is 0 Å². The second-order valence-electron chi connectivity index (χ2n) is 0. The van der Waals surface area contributed by atoms with Crippen molar-refractivity contribution in [2.45, 2.75) is 6.92 Å². The Hall–Kier alpha value is 1.69. The van der Waals surface area contributed by atoms with Crippen LogP contribution in [0.15, 0.2) is 0 Å². The van der Waals surface area contributed by atoms with Crippen LogP contribution in [-0.4, -0.2) is 0 Å². The molecule has 0 aromatic carbocycles. The molecule has 0 aliphatic carbocycles. The molecule has 0 bridgehead atoms. The van der Waals surface area contributed by atoms with Gasteiger partial charge in [0.25, 0.3) is 0 Å². The summed E-state index contributed by atoms with van der Waals surface area (Å²) in [5, 5.41) is 0. The fourth-order valence-corrected chi connectivity index (χ4v) is 0. The summed E-state index contributed by atoms with van der Waals surface area (Å²) in [7, 11) is 0. The molecule has 0 atom stereocenters. The van der Waals surface area contributed by atoms with E-state index in [1.54, 1.807) is 6.92 Å². The molecule has 0 saturated carbocycles. The predicted octanol–water partition coefficient (Wildman–Crippen LogP) is 1.29. The third-order valence-corrected chi connectivity index (χ3v) is 0. The maximum Gasteiger partial charge on any atom is 0 e. The van der Waals surface area contributed by atoms with Crippen LogP contribution in [0.4, 0.5) is 0 Å². The van der Waals surface area contributed by atoms with Crippen molar-refractivity contribution < 1.29 is 51.3 Å². The molecule has 0 amide bonds. The van der Waals surface area contributed by atoms with Crippen LogP contribution in [-0.2, 0) is 51.3 Å². The zero-order valence-electron chi connectivity index (χ0n) is 3.73. The van der Waals surface area contributed by atoms with Crippen molar-refractivity contribution in [1.29, 1.82) is 0 Å². The molecule has 0 aliphatic rings. The van der Waals surface area contributed by atoms with Gasteiger partial charge in [0.2, 0.25) is 0 Å². The molecular weight excluding hydrogens is 176 g/mol. The predicted molar refractivity (Wildman–Crippen MR) is 17.4 cm³/mol. The van der Waals surface area contributed by atoms with E-state index in [0.29, 0.717) is 0 Å². The second-order valence-corrected chi connectivity index (χ2v) is 0. The topological polar surface area (TPSA) is 0 Å². The van der Waals surface area contributed by atoms with Crippen LogP contribution in [0.2, 0.25) is 0 Å². The summed E-state index contributed by atoms with van der Waals surface area (Å²) in [4.78, 5) is 0. The zero-order chi connectivity index (χ0) is 2.00. The van der Waals surface area contributed by atoms with Crippen LogP contribution in [0.5, 0.6) is 0 Å². The van der Waals surface area contributed by atoms with Crippen molar-refractivity contribution >= 4 is 0 Å². The molecule has 5 heavy (non-hydrogen) atoms. The second kappa shape index (κ2) is 43.9. The first-order chi connectivity index (χ1) is 1.00. The molecule has 2 heteroatoms. The standard InChI is InChI=1S/C2H5.CH3.V.Y/c1-2;;;/h1H2,2H3;1H3;;/q2*-1;;. The summed E-state index contributed by atoms with van der Waals surface area (Å²) in [6.07, 6.45) is 0. The van der Waals surface area contributed by atoms with Crippen LogP contribution in [0.25, 0.3) is 0 Å². The Bertz CT molecular complexity index is 6.85. The van der Waals surface area contributed by atoms with Gasteiger partial charge in [-0.25, -0.2) is 0 Å². The Morgan fingerprint density at radius 3 is 1.20 bits per heavy atom. The molecule has 0 N–H and O–H groups in total. The van der Waals surface area contributed by atoms with E-state index in [9.17, 15) is 0 Å². The van der Waals surface area contributed by atoms with Crippen LogP contribution in [0.3, 0.4) is 0 Å². The Morgan fingerprint density at radius 1 is 1.20 bits per heavy atom. The smallest absolute Gasteiger partial charge is 0 e. The van der Waals surface area contributed by atoms with Gasteiger partial charge in [0.1, 0.15) is 0 Å². The minimum Gasteiger partial charge on any atom is -0.358 e. The van der Waals surface area contributed by atoms with E-state index in [0.717, 1.165) is 0 Å². The van der Waals surface area contributed by atoms with Crippen molar-refractivity contribution in [3.63, 3.8) is 0 Å². The van der Waals surface area contributed by atoms with E-state index in [-0.39, 0.29) is 58.7 Å². The van der Waals surface area contributed by atoms with Gasteiger partial charge < -0.3 is 14.4 Å². The van der Waals surface area contributed by atoms with Gasteiger partial charge in [-0.05, 0) is 0 Å². The summed E-state index contributed by atoms with van der Waals surface area (Å²) in [5.41, 5.74) is 0. The van der Waals surface area contributed by atoms with Crippen molar-refractivity contribution in [3.05, 3.63) is 14.4 Å². The molecule has 0 spiro atoms. The van der Waals surface area contributed by atoms with Gasteiger partial charge >= 0.3 is 0 Å². The molecule has 0 aromatic heterocycles. The molecule has 0 rings (SSSR count). The summed E-state index contributed by atoms with van der Waals surface area (Å²) >= 11 is 0. The Balaban J connectivity index is -0.00000000167. The van der Waals surface area contributed by atoms with Crippen molar-refractivity contribution in [2.24, 2.45) is 0 Å². The van der Waals surface area contributed by atoms with Crippen molar-refractivity contribution in [1.82, 2.24) is 0 Å². The van der Waals surface area contributed by atoms with Crippen LogP contribution >= 0.6 is 0 Å². The minimum absolute atomic E-state index is 0. The van der Waals surface area contributed by atoms with Gasteiger partial charge in [0.05, 0.1) is 0 Å². The van der Waals surface area contributed by atoms with E-state index in [2.05, 4.69) is 6.92 Å². The summed E-state index contributed by atoms with van der Waals surface area (Å²) in [6, 6.07) is 0. The summed E-state index contributed by atoms with van der Waals surface area (Å²) < 4.78 is 0. The van der Waals surface area contributed by atoms with E-state index in [4.69, 9.17) is 0 Å². The molecule has 30 valence electrons. The number of hydrogen-bond acceptors (Lipinski definition) is 0. The minimum atomic E-state index is 0. The first-order valence-corrected chi connectivity index (χ1v) is 0.707. The fourth-order valence-electron chi connectivity index (χ4n) is 0. The summed E-state index contributed by atoms with van der Waals surface area (Å²) in [5.74, 6) is 0. The summed E-state index contributed by atoms with van der Waals surface area (Å²) in [6.45, 7) is 5.00. The van der Waals surface area contributed by atoms with E-state index in [1.807, 2.05) is 0 Å². The first-order valence-electron chi connectivity index (χ1n) is 0.707. The molecular formula is C3H8VY-2. The largest absolute Gasteiger partial charge is 0.358 e. The third kappa shape index (κ3) is 27.1. The average Bonchev–Trinajstić information content (AvgIpc) is 1.00. The zero-order valence-corrected chi connectivity index (χ0v) is 7.97. The Morgan fingerprint density at radius 2 is 1.20 bits per heavy atom. The van der Waals surface area contributed by atoms with Gasteiger partial charge in [0.15, 0.2) is 0 Å². The van der Waals surface area contributed by atoms with Gasteiger partial charge in [-0.15, -0.1) is 0 Å². The number of rotatable bonds is 0. The quantitative estimate of drug-likeness (QED) is 0.497. The molecule has 0 unspecified atom stereocenters. The van der Waals surface area contributed by atoms with Crippen LogP contribution < -0.4 is 0 Å². The normalized spacial score (nSPS) is 1.20. The monoisotopic (exact) mass is 184 g/mol. The van der Waals surface area contributed by atoms with E-state index < -0.39 is 0 Å². The molecule has 0 aromatic rings. The van der Waals surface area contributed by atoms with E-state index in [1.165, 1.54) is 0 Å². The average molecular weight is 184 g/mol. The maximum atomic E-state index is 3.25. The maximum absolute atomic E-state index is 3.25. The Kier molecular flexibility index (Phi) is 263. The van der Waals surface area contributed by atoms with Crippen molar-refractivity contribution in [2.75, 3.05) is 0 Å². The fraction of sp³-hybridized carbons (Fsp3) is 0.333. The number of hydrogen-bond donors (Lipinski definition) is 0. The van der Waals surface area contributed by atoms with Gasteiger partial charge in [-0.1, -0.05) is 0 Å². The van der Waals surface area contributed by atoms with Gasteiger partial charge in [0, 0.05) is 51.3 Å². The molecule has 0 saturated heterocycles. The molecule has 2 radical (unpaired) electrons. The van der Waals surface area contributed by atoms with Gasteiger partial charge in [-0.2, -0.15) is 6.92 Å². The van der Waals surface area contributed by atoms with Crippen LogP contribution in [0.1, 0.15) is 6.92 Å². The van der Waals surface area contributed by atoms with Crippen LogP contribution in [0, 0.1) is 14.4 Å².